The number of halogens is 2. The number of hydrogen-bond acceptors (Lipinski definition) is 2. The van der Waals surface area contributed by atoms with Gasteiger partial charge in [-0.3, -0.25) is 0 Å². The predicted octanol–water partition coefficient (Wildman–Crippen LogP) is 2.88. The van der Waals surface area contributed by atoms with Crippen molar-refractivity contribution in [1.29, 1.82) is 0 Å². The van der Waals surface area contributed by atoms with Crippen LogP contribution in [0.1, 0.15) is 32.4 Å². The fraction of sp³-hybridized carbons (Fsp3) is 0.571. The van der Waals surface area contributed by atoms with E-state index in [-0.39, 0.29) is 12.1 Å². The number of hydrogen-bond donors (Lipinski definition) is 2. The van der Waals surface area contributed by atoms with Crippen molar-refractivity contribution in [3.63, 3.8) is 0 Å². The van der Waals surface area contributed by atoms with Crippen molar-refractivity contribution in [2.45, 2.75) is 26.9 Å². The summed E-state index contributed by atoms with van der Waals surface area (Å²) in [4.78, 5) is 0. The summed E-state index contributed by atoms with van der Waals surface area (Å²) in [6.07, 6.45) is -1.03. The van der Waals surface area contributed by atoms with Crippen molar-refractivity contribution in [1.82, 2.24) is 5.32 Å². The Morgan fingerprint density at radius 2 is 1.83 bits per heavy atom. The molecule has 2 atom stereocenters. The van der Waals surface area contributed by atoms with Gasteiger partial charge in [0.05, 0.1) is 6.10 Å². The molecule has 102 valence electrons. The van der Waals surface area contributed by atoms with E-state index >= 15 is 0 Å². The second-order valence-electron chi connectivity index (χ2n) is 5.06. The van der Waals surface area contributed by atoms with Crippen LogP contribution in [-0.4, -0.2) is 18.2 Å². The zero-order chi connectivity index (χ0) is 13.7. The van der Waals surface area contributed by atoms with E-state index in [9.17, 15) is 13.9 Å². The van der Waals surface area contributed by atoms with Gasteiger partial charge in [0.1, 0.15) is 11.6 Å². The van der Waals surface area contributed by atoms with Crippen LogP contribution < -0.4 is 5.32 Å². The molecule has 0 radical (unpaired) electrons. The van der Waals surface area contributed by atoms with Gasteiger partial charge in [-0.2, -0.15) is 0 Å². The summed E-state index contributed by atoms with van der Waals surface area (Å²) in [5.74, 6) is -0.112. The molecule has 0 saturated carbocycles. The molecule has 1 aromatic carbocycles. The largest absolute Gasteiger partial charge is 0.387 e. The van der Waals surface area contributed by atoms with Crippen LogP contribution in [0.2, 0.25) is 0 Å². The Balaban J connectivity index is 2.50. The maximum absolute atomic E-state index is 13.4. The number of rotatable bonds is 6. The zero-order valence-corrected chi connectivity index (χ0v) is 11.1. The maximum Gasteiger partial charge on any atom is 0.129 e. The van der Waals surface area contributed by atoms with E-state index in [1.165, 1.54) is 0 Å². The molecule has 0 fully saturated rings. The third-order valence-corrected chi connectivity index (χ3v) is 3.26. The molecule has 2 nitrogen and oxygen atoms in total. The molecular formula is C14H21F2NO. The van der Waals surface area contributed by atoms with E-state index < -0.39 is 17.7 Å². The Hall–Kier alpha value is -1.00. The van der Waals surface area contributed by atoms with Crippen LogP contribution in [0.5, 0.6) is 0 Å². The predicted molar refractivity (Wildman–Crippen MR) is 68.2 cm³/mol. The average Bonchev–Trinajstić information content (AvgIpc) is 2.31. The third kappa shape index (κ3) is 4.35. The highest BCUT2D eigenvalue weighted by atomic mass is 19.1. The van der Waals surface area contributed by atoms with Gasteiger partial charge in [0.25, 0.3) is 0 Å². The summed E-state index contributed by atoms with van der Waals surface area (Å²) in [5, 5.41) is 12.9. The minimum Gasteiger partial charge on any atom is -0.387 e. The molecule has 0 amide bonds. The molecule has 1 aromatic rings. The molecule has 0 spiro atoms. The van der Waals surface area contributed by atoms with Crippen LogP contribution in [0.3, 0.4) is 0 Å². The second-order valence-corrected chi connectivity index (χ2v) is 5.06. The summed E-state index contributed by atoms with van der Waals surface area (Å²) in [6, 6.07) is 3.11. The highest BCUT2D eigenvalue weighted by Crippen LogP contribution is 2.18. The minimum atomic E-state index is -1.03. The summed E-state index contributed by atoms with van der Waals surface area (Å²) >= 11 is 0. The van der Waals surface area contributed by atoms with Crippen LogP contribution in [0, 0.1) is 23.5 Å². The number of aliphatic hydroxyl groups excluding tert-OH is 1. The first-order valence-electron chi connectivity index (χ1n) is 6.25. The number of nitrogens with one attached hydrogen (secondary N) is 1. The van der Waals surface area contributed by atoms with Gasteiger partial charge in [0.2, 0.25) is 0 Å². The van der Waals surface area contributed by atoms with Crippen LogP contribution in [0.15, 0.2) is 18.2 Å². The SMILES string of the molecule is CC(C)C(C)CNCC(O)c1cc(F)ccc1F. The Kier molecular flexibility index (Phi) is 5.69. The van der Waals surface area contributed by atoms with E-state index in [0.717, 1.165) is 24.7 Å². The lowest BCUT2D eigenvalue weighted by atomic mass is 9.98. The molecular weight excluding hydrogens is 236 g/mol. The maximum atomic E-state index is 13.4. The third-order valence-electron chi connectivity index (χ3n) is 3.26. The van der Waals surface area contributed by atoms with E-state index in [0.29, 0.717) is 11.8 Å². The molecule has 0 heterocycles. The first kappa shape index (κ1) is 15.1. The molecule has 0 aliphatic heterocycles. The lowest BCUT2D eigenvalue weighted by Gasteiger charge is -2.18. The fourth-order valence-electron chi connectivity index (χ4n) is 1.56. The van der Waals surface area contributed by atoms with Gasteiger partial charge in [-0.15, -0.1) is 0 Å². The molecule has 18 heavy (non-hydrogen) atoms. The normalized spacial score (nSPS) is 14.8. The summed E-state index contributed by atoms with van der Waals surface area (Å²) < 4.78 is 26.3. The van der Waals surface area contributed by atoms with Crippen molar-refractivity contribution >= 4 is 0 Å². The van der Waals surface area contributed by atoms with Gasteiger partial charge >= 0.3 is 0 Å². The average molecular weight is 257 g/mol. The van der Waals surface area contributed by atoms with Crippen LogP contribution in [-0.2, 0) is 0 Å². The van der Waals surface area contributed by atoms with E-state index in [2.05, 4.69) is 26.1 Å². The monoisotopic (exact) mass is 257 g/mol. The van der Waals surface area contributed by atoms with Gasteiger partial charge in [-0.1, -0.05) is 20.8 Å². The Bertz CT molecular complexity index is 382. The quantitative estimate of drug-likeness (QED) is 0.821. The van der Waals surface area contributed by atoms with Gasteiger partial charge < -0.3 is 10.4 Å². The molecule has 2 N–H and O–H groups in total. The van der Waals surface area contributed by atoms with Crippen molar-refractivity contribution in [3.05, 3.63) is 35.4 Å². The number of aliphatic hydroxyl groups is 1. The second kappa shape index (κ2) is 6.81. The summed E-state index contributed by atoms with van der Waals surface area (Å²) in [5.41, 5.74) is -0.000278. The van der Waals surface area contributed by atoms with E-state index in [1.54, 1.807) is 0 Å². The van der Waals surface area contributed by atoms with Gasteiger partial charge in [0.15, 0.2) is 0 Å². The van der Waals surface area contributed by atoms with Crippen molar-refractivity contribution < 1.29 is 13.9 Å². The summed E-state index contributed by atoms with van der Waals surface area (Å²) in [6.45, 7) is 7.31. The van der Waals surface area contributed by atoms with Crippen LogP contribution >= 0.6 is 0 Å². The van der Waals surface area contributed by atoms with Crippen molar-refractivity contribution in [2.24, 2.45) is 11.8 Å². The zero-order valence-electron chi connectivity index (χ0n) is 11.1. The molecule has 2 unspecified atom stereocenters. The smallest absolute Gasteiger partial charge is 0.129 e. The van der Waals surface area contributed by atoms with E-state index in [4.69, 9.17) is 0 Å². The Morgan fingerprint density at radius 3 is 2.44 bits per heavy atom. The minimum absolute atomic E-state index is 0.000278. The first-order valence-corrected chi connectivity index (χ1v) is 6.25. The summed E-state index contributed by atoms with van der Waals surface area (Å²) in [7, 11) is 0. The topological polar surface area (TPSA) is 32.3 Å². The molecule has 0 aromatic heterocycles. The molecule has 1 rings (SSSR count). The first-order chi connectivity index (χ1) is 8.41. The standard InChI is InChI=1S/C14H21F2NO/c1-9(2)10(3)7-17-8-14(18)12-6-11(15)4-5-13(12)16/h4-6,9-10,14,17-18H,7-8H2,1-3H3. The molecule has 0 saturated heterocycles. The fourth-order valence-corrected chi connectivity index (χ4v) is 1.56. The number of benzene rings is 1. The van der Waals surface area contributed by atoms with Crippen LogP contribution in [0.25, 0.3) is 0 Å². The highest BCUT2D eigenvalue weighted by molar-refractivity contribution is 5.21. The van der Waals surface area contributed by atoms with Gasteiger partial charge in [0, 0.05) is 12.1 Å². The lowest BCUT2D eigenvalue weighted by Crippen LogP contribution is -2.28. The Labute approximate surface area is 107 Å². The molecule has 0 aliphatic carbocycles. The highest BCUT2D eigenvalue weighted by Gasteiger charge is 2.14. The lowest BCUT2D eigenvalue weighted by molar-refractivity contribution is 0.166. The molecule has 0 aliphatic rings. The Morgan fingerprint density at radius 1 is 1.17 bits per heavy atom. The van der Waals surface area contributed by atoms with Crippen molar-refractivity contribution in [2.75, 3.05) is 13.1 Å². The van der Waals surface area contributed by atoms with Crippen LogP contribution in [0.4, 0.5) is 8.78 Å². The molecule has 0 bridgehead atoms. The van der Waals surface area contributed by atoms with E-state index in [1.807, 2.05) is 0 Å². The van der Waals surface area contributed by atoms with Gasteiger partial charge in [-0.25, -0.2) is 8.78 Å². The van der Waals surface area contributed by atoms with Crippen molar-refractivity contribution in [3.8, 4) is 0 Å². The van der Waals surface area contributed by atoms with Gasteiger partial charge in [-0.05, 0) is 36.6 Å². The molecule has 4 heteroatoms.